The molecule has 15 heavy (non-hydrogen) atoms. The second kappa shape index (κ2) is 3.38. The zero-order valence-corrected chi connectivity index (χ0v) is 8.34. The number of nitrogens with zero attached hydrogens (tertiary/aromatic N) is 1. The van der Waals surface area contributed by atoms with E-state index in [1.165, 1.54) is 0 Å². The lowest BCUT2D eigenvalue weighted by Crippen LogP contribution is -2.70. The molecule has 2 aliphatic heterocycles. The van der Waals surface area contributed by atoms with Crippen molar-refractivity contribution in [3.05, 3.63) is 0 Å². The summed E-state index contributed by atoms with van der Waals surface area (Å²) in [7, 11) is 0. The Kier molecular flexibility index (Phi) is 2.42. The molecule has 0 saturated carbocycles. The number of carbonyl (C=O) groups is 1. The molecular weight excluding hydrogens is 206 g/mol. The van der Waals surface area contributed by atoms with Crippen molar-refractivity contribution in [1.82, 2.24) is 4.90 Å². The molecule has 0 atom stereocenters. The third-order valence-corrected chi connectivity index (χ3v) is 3.24. The number of piperidine rings is 1. The van der Waals surface area contributed by atoms with Crippen molar-refractivity contribution >= 4 is 5.91 Å². The van der Waals surface area contributed by atoms with E-state index in [-0.39, 0.29) is 39.1 Å². The lowest BCUT2D eigenvalue weighted by Gasteiger charge is -2.49. The maximum atomic E-state index is 12.9. The van der Waals surface area contributed by atoms with Gasteiger partial charge in [-0.15, -0.1) is 0 Å². The van der Waals surface area contributed by atoms with Crippen LogP contribution in [0.3, 0.4) is 0 Å². The summed E-state index contributed by atoms with van der Waals surface area (Å²) in [5.74, 6) is -3.07. The molecule has 0 aromatic rings. The van der Waals surface area contributed by atoms with E-state index < -0.39 is 17.4 Å². The molecule has 2 N–H and O–H groups in total. The highest BCUT2D eigenvalue weighted by Gasteiger charge is 2.52. The van der Waals surface area contributed by atoms with E-state index in [1.807, 2.05) is 0 Å². The van der Waals surface area contributed by atoms with Gasteiger partial charge in [0.2, 0.25) is 5.91 Å². The molecule has 1 amide bonds. The zero-order chi connectivity index (χ0) is 11.1. The van der Waals surface area contributed by atoms with Gasteiger partial charge in [-0.2, -0.15) is 0 Å². The van der Waals surface area contributed by atoms with E-state index >= 15 is 0 Å². The Bertz CT molecular complexity index is 269. The highest BCUT2D eigenvalue weighted by Crippen LogP contribution is 2.34. The molecule has 2 rings (SSSR count). The fourth-order valence-corrected chi connectivity index (χ4v) is 2.04. The molecule has 6 heteroatoms. The lowest BCUT2D eigenvalue weighted by molar-refractivity contribution is -0.180. The smallest absolute Gasteiger partial charge is 0.250 e. The fourth-order valence-electron chi connectivity index (χ4n) is 2.04. The topological polar surface area (TPSA) is 55.6 Å². The highest BCUT2D eigenvalue weighted by molar-refractivity contribution is 5.86. The van der Waals surface area contributed by atoms with Crippen LogP contribution in [-0.4, -0.2) is 48.6 Å². The summed E-state index contributed by atoms with van der Waals surface area (Å²) in [6, 6.07) is 0. The first-order chi connectivity index (χ1) is 6.96. The van der Waals surface area contributed by atoms with Gasteiger partial charge in [0.05, 0.1) is 13.2 Å². The van der Waals surface area contributed by atoms with Gasteiger partial charge in [-0.3, -0.25) is 9.69 Å². The van der Waals surface area contributed by atoms with Crippen molar-refractivity contribution in [2.45, 2.75) is 24.3 Å². The molecule has 2 heterocycles. The Balaban J connectivity index is 2.03. The van der Waals surface area contributed by atoms with Gasteiger partial charge in [-0.1, -0.05) is 0 Å². The van der Waals surface area contributed by atoms with Crippen LogP contribution >= 0.6 is 0 Å². The molecule has 86 valence electrons. The van der Waals surface area contributed by atoms with Crippen molar-refractivity contribution in [2.24, 2.45) is 5.73 Å². The summed E-state index contributed by atoms with van der Waals surface area (Å²) in [6.07, 6.45) is -0.413. The number of hydrogen-bond donors (Lipinski definition) is 1. The summed E-state index contributed by atoms with van der Waals surface area (Å²) >= 11 is 0. The number of likely N-dealkylation sites (tertiary alicyclic amines) is 1. The maximum Gasteiger partial charge on any atom is 0.250 e. The molecule has 2 saturated heterocycles. The largest absolute Gasteiger partial charge is 0.376 e. The van der Waals surface area contributed by atoms with Gasteiger partial charge in [0.1, 0.15) is 5.54 Å². The number of halogens is 2. The predicted molar refractivity (Wildman–Crippen MR) is 48.5 cm³/mol. The molecular formula is C9H14F2N2O2. The molecule has 0 bridgehead atoms. The van der Waals surface area contributed by atoms with E-state index in [9.17, 15) is 13.6 Å². The summed E-state index contributed by atoms with van der Waals surface area (Å²) in [5, 5.41) is 0. The third-order valence-electron chi connectivity index (χ3n) is 3.24. The number of ether oxygens (including phenoxy) is 1. The van der Waals surface area contributed by atoms with Crippen molar-refractivity contribution in [2.75, 3.05) is 26.3 Å². The molecule has 4 nitrogen and oxygen atoms in total. The lowest BCUT2D eigenvalue weighted by atomic mass is 9.90. The molecule has 0 spiro atoms. The van der Waals surface area contributed by atoms with E-state index in [2.05, 4.69) is 0 Å². The molecule has 0 aromatic heterocycles. The van der Waals surface area contributed by atoms with Gasteiger partial charge >= 0.3 is 0 Å². The molecule has 0 unspecified atom stereocenters. The van der Waals surface area contributed by atoms with Crippen LogP contribution in [0.5, 0.6) is 0 Å². The van der Waals surface area contributed by atoms with Gasteiger partial charge in [0.25, 0.3) is 5.92 Å². The van der Waals surface area contributed by atoms with Crippen LogP contribution in [0.25, 0.3) is 0 Å². The summed E-state index contributed by atoms with van der Waals surface area (Å²) in [4.78, 5) is 13.0. The van der Waals surface area contributed by atoms with Crippen LogP contribution in [0, 0.1) is 0 Å². The molecule has 0 radical (unpaired) electrons. The van der Waals surface area contributed by atoms with E-state index in [0.29, 0.717) is 0 Å². The van der Waals surface area contributed by atoms with Gasteiger partial charge in [0, 0.05) is 25.9 Å². The first-order valence-electron chi connectivity index (χ1n) is 4.97. The normalized spacial score (nSPS) is 29.5. The number of nitrogens with two attached hydrogens (primary N) is 1. The standard InChI is InChI=1S/C9H14F2N2O2/c10-9(11)1-3-13(4-2-9)8(7(12)14)5-15-6-8/h1-6H2,(H2,12,14). The fraction of sp³-hybridized carbons (Fsp3) is 0.889. The second-order valence-corrected chi connectivity index (χ2v) is 4.23. The number of primary amides is 1. The third kappa shape index (κ3) is 1.72. The van der Waals surface area contributed by atoms with Gasteiger partial charge in [-0.05, 0) is 0 Å². The minimum Gasteiger partial charge on any atom is -0.376 e. The van der Waals surface area contributed by atoms with Crippen LogP contribution in [-0.2, 0) is 9.53 Å². The minimum atomic E-state index is -2.60. The molecule has 2 aliphatic rings. The average molecular weight is 220 g/mol. The van der Waals surface area contributed by atoms with Crippen LogP contribution in [0.4, 0.5) is 8.78 Å². The number of alkyl halides is 2. The van der Waals surface area contributed by atoms with Crippen LogP contribution in [0.1, 0.15) is 12.8 Å². The van der Waals surface area contributed by atoms with Gasteiger partial charge < -0.3 is 10.5 Å². The van der Waals surface area contributed by atoms with E-state index in [4.69, 9.17) is 10.5 Å². The van der Waals surface area contributed by atoms with Crippen LogP contribution in [0.15, 0.2) is 0 Å². The van der Waals surface area contributed by atoms with Crippen LogP contribution in [0.2, 0.25) is 0 Å². The van der Waals surface area contributed by atoms with E-state index in [1.54, 1.807) is 4.90 Å². The van der Waals surface area contributed by atoms with Crippen molar-refractivity contribution in [1.29, 1.82) is 0 Å². The van der Waals surface area contributed by atoms with Crippen molar-refractivity contribution in [3.8, 4) is 0 Å². The number of carbonyl (C=O) groups excluding carboxylic acids is 1. The average Bonchev–Trinajstić information content (AvgIpc) is 2.05. The zero-order valence-electron chi connectivity index (χ0n) is 8.34. The second-order valence-electron chi connectivity index (χ2n) is 4.23. The monoisotopic (exact) mass is 220 g/mol. The Morgan fingerprint density at radius 1 is 1.27 bits per heavy atom. The molecule has 0 aliphatic carbocycles. The molecule has 0 aromatic carbocycles. The number of amides is 1. The summed E-state index contributed by atoms with van der Waals surface area (Å²) in [5.41, 5.74) is 4.46. The van der Waals surface area contributed by atoms with Crippen molar-refractivity contribution < 1.29 is 18.3 Å². The van der Waals surface area contributed by atoms with Crippen LogP contribution < -0.4 is 5.73 Å². The first-order valence-corrected chi connectivity index (χ1v) is 4.97. The highest BCUT2D eigenvalue weighted by atomic mass is 19.3. The minimum absolute atomic E-state index is 0.206. The molecule has 2 fully saturated rings. The Labute approximate surface area is 86.4 Å². The predicted octanol–water partition coefficient (Wildman–Crippen LogP) is -0.0282. The SMILES string of the molecule is NC(=O)C1(N2CCC(F)(F)CC2)COC1. The first kappa shape index (κ1) is 10.8. The van der Waals surface area contributed by atoms with Crippen molar-refractivity contribution in [3.63, 3.8) is 0 Å². The Hall–Kier alpha value is -0.750. The van der Waals surface area contributed by atoms with Gasteiger partial charge in [-0.25, -0.2) is 8.78 Å². The van der Waals surface area contributed by atoms with E-state index in [0.717, 1.165) is 0 Å². The Morgan fingerprint density at radius 3 is 2.13 bits per heavy atom. The number of hydrogen-bond acceptors (Lipinski definition) is 3. The van der Waals surface area contributed by atoms with Gasteiger partial charge in [0.15, 0.2) is 0 Å². The Morgan fingerprint density at radius 2 is 1.80 bits per heavy atom. The summed E-state index contributed by atoms with van der Waals surface area (Å²) < 4.78 is 30.8. The number of rotatable bonds is 2. The summed E-state index contributed by atoms with van der Waals surface area (Å²) in [6.45, 7) is 0.875. The maximum absolute atomic E-state index is 12.9. The quantitative estimate of drug-likeness (QED) is 0.711.